The molecular weight excluding hydrogens is 272 g/mol. The van der Waals surface area contributed by atoms with Gasteiger partial charge in [0.15, 0.2) is 0 Å². The topological polar surface area (TPSA) is 18.5 Å². The lowest BCUT2D eigenvalue weighted by atomic mass is 10.1. The van der Waals surface area contributed by atoms with Gasteiger partial charge in [-0.3, -0.25) is 0 Å². The zero-order valence-electron chi connectivity index (χ0n) is 11.9. The smallest absolute Gasteiger partial charge is 0.119 e. The van der Waals surface area contributed by atoms with Crippen molar-refractivity contribution >= 4 is 22.4 Å². The summed E-state index contributed by atoms with van der Waals surface area (Å²) >= 11 is 5.64. The Bertz CT molecular complexity index is 490. The highest BCUT2D eigenvalue weighted by Crippen LogP contribution is 2.25. The van der Waals surface area contributed by atoms with Gasteiger partial charge in [0.25, 0.3) is 0 Å². The number of unbranched alkanes of at least 4 members (excludes halogenated alkanes) is 1. The van der Waals surface area contributed by atoms with Crippen LogP contribution in [0, 0.1) is 0 Å². The minimum atomic E-state index is 0.631. The number of halogens is 1. The largest absolute Gasteiger partial charge is 0.494 e. The van der Waals surface area contributed by atoms with Gasteiger partial charge in [-0.1, -0.05) is 25.5 Å². The second-order valence-electron chi connectivity index (χ2n) is 4.76. The summed E-state index contributed by atoms with van der Waals surface area (Å²) in [7, 11) is 0. The second kappa shape index (κ2) is 8.01. The van der Waals surface area contributed by atoms with E-state index in [1.54, 1.807) is 0 Å². The SMILES string of the molecule is CCCCOc1ccc2cc(OCCCCl)ccc2c1. The van der Waals surface area contributed by atoms with Crippen LogP contribution in [0.3, 0.4) is 0 Å². The van der Waals surface area contributed by atoms with Gasteiger partial charge in [0, 0.05) is 5.88 Å². The van der Waals surface area contributed by atoms with Crippen LogP contribution in [0.5, 0.6) is 11.5 Å². The van der Waals surface area contributed by atoms with Crippen molar-refractivity contribution in [2.24, 2.45) is 0 Å². The van der Waals surface area contributed by atoms with Gasteiger partial charge in [-0.2, -0.15) is 0 Å². The van der Waals surface area contributed by atoms with Gasteiger partial charge in [-0.15, -0.1) is 11.6 Å². The van der Waals surface area contributed by atoms with Gasteiger partial charge >= 0.3 is 0 Å². The monoisotopic (exact) mass is 292 g/mol. The molecule has 0 aliphatic carbocycles. The van der Waals surface area contributed by atoms with Crippen LogP contribution in [0.15, 0.2) is 36.4 Å². The molecule has 0 heterocycles. The molecule has 3 heteroatoms. The molecule has 20 heavy (non-hydrogen) atoms. The number of fused-ring (bicyclic) bond motifs is 1. The minimum absolute atomic E-state index is 0.631. The molecule has 0 N–H and O–H groups in total. The van der Waals surface area contributed by atoms with Crippen LogP contribution >= 0.6 is 11.6 Å². The van der Waals surface area contributed by atoms with Crippen molar-refractivity contribution in [3.05, 3.63) is 36.4 Å². The van der Waals surface area contributed by atoms with Crippen molar-refractivity contribution in [3.8, 4) is 11.5 Å². The van der Waals surface area contributed by atoms with Crippen molar-refractivity contribution < 1.29 is 9.47 Å². The Balaban J connectivity index is 2.04. The molecule has 0 bridgehead atoms. The molecule has 2 aromatic rings. The average molecular weight is 293 g/mol. The van der Waals surface area contributed by atoms with Crippen LogP contribution in [-0.4, -0.2) is 19.1 Å². The average Bonchev–Trinajstić information content (AvgIpc) is 2.48. The van der Waals surface area contributed by atoms with E-state index in [0.717, 1.165) is 42.8 Å². The molecule has 0 aliphatic rings. The van der Waals surface area contributed by atoms with Crippen LogP contribution in [0.4, 0.5) is 0 Å². The first-order chi connectivity index (χ1) is 9.83. The molecule has 2 nitrogen and oxygen atoms in total. The van der Waals surface area contributed by atoms with E-state index in [1.807, 2.05) is 12.1 Å². The Hall–Kier alpha value is -1.41. The van der Waals surface area contributed by atoms with E-state index in [1.165, 1.54) is 5.39 Å². The Morgan fingerprint density at radius 1 is 0.850 bits per heavy atom. The third-order valence-corrected chi connectivity index (χ3v) is 3.36. The Morgan fingerprint density at radius 3 is 1.90 bits per heavy atom. The summed E-state index contributed by atoms with van der Waals surface area (Å²) in [5.41, 5.74) is 0. The third kappa shape index (κ3) is 4.31. The Kier molecular flexibility index (Phi) is 6.00. The maximum atomic E-state index is 5.72. The summed E-state index contributed by atoms with van der Waals surface area (Å²) in [4.78, 5) is 0. The molecule has 2 rings (SSSR count). The van der Waals surface area contributed by atoms with Crippen molar-refractivity contribution in [1.29, 1.82) is 0 Å². The van der Waals surface area contributed by atoms with Gasteiger partial charge in [-0.25, -0.2) is 0 Å². The maximum Gasteiger partial charge on any atom is 0.119 e. The molecule has 0 unspecified atom stereocenters. The highest BCUT2D eigenvalue weighted by Gasteiger charge is 2.00. The quantitative estimate of drug-likeness (QED) is 0.502. The molecule has 0 aromatic heterocycles. The molecule has 0 atom stereocenters. The van der Waals surface area contributed by atoms with E-state index in [2.05, 4.69) is 31.2 Å². The lowest BCUT2D eigenvalue weighted by molar-refractivity contribution is 0.309. The van der Waals surface area contributed by atoms with E-state index < -0.39 is 0 Å². The molecule has 0 aliphatic heterocycles. The molecule has 108 valence electrons. The fourth-order valence-electron chi connectivity index (χ4n) is 1.96. The standard InChI is InChI=1S/C17H21ClO2/c1-2-3-10-19-16-7-5-15-13-17(20-11-4-9-18)8-6-14(15)12-16/h5-8,12-13H,2-4,9-11H2,1H3. The lowest BCUT2D eigenvalue weighted by Gasteiger charge is -2.09. The van der Waals surface area contributed by atoms with E-state index in [4.69, 9.17) is 21.1 Å². The molecular formula is C17H21ClO2. The van der Waals surface area contributed by atoms with Gasteiger partial charge in [0.2, 0.25) is 0 Å². The van der Waals surface area contributed by atoms with Gasteiger partial charge in [0.05, 0.1) is 13.2 Å². The van der Waals surface area contributed by atoms with Crippen molar-refractivity contribution in [1.82, 2.24) is 0 Å². The van der Waals surface area contributed by atoms with Crippen LogP contribution in [0.1, 0.15) is 26.2 Å². The first kappa shape index (κ1) is 15.0. The molecule has 0 saturated heterocycles. The van der Waals surface area contributed by atoms with Crippen LogP contribution in [-0.2, 0) is 0 Å². The number of hydrogen-bond acceptors (Lipinski definition) is 2. The van der Waals surface area contributed by atoms with Gasteiger partial charge in [-0.05, 0) is 47.9 Å². The first-order valence-corrected chi connectivity index (χ1v) is 7.72. The predicted molar refractivity (Wildman–Crippen MR) is 85.2 cm³/mol. The van der Waals surface area contributed by atoms with Gasteiger partial charge < -0.3 is 9.47 Å². The molecule has 0 saturated carbocycles. The summed E-state index contributed by atoms with van der Waals surface area (Å²) in [6.45, 7) is 3.60. The van der Waals surface area contributed by atoms with Crippen molar-refractivity contribution in [2.75, 3.05) is 19.1 Å². The Labute approximate surface area is 125 Å². The minimum Gasteiger partial charge on any atom is -0.494 e. The van der Waals surface area contributed by atoms with Crippen molar-refractivity contribution in [2.45, 2.75) is 26.2 Å². The van der Waals surface area contributed by atoms with Crippen molar-refractivity contribution in [3.63, 3.8) is 0 Å². The number of hydrogen-bond donors (Lipinski definition) is 0. The van der Waals surface area contributed by atoms with E-state index >= 15 is 0 Å². The van der Waals surface area contributed by atoms with Crippen LogP contribution < -0.4 is 9.47 Å². The van der Waals surface area contributed by atoms with E-state index in [-0.39, 0.29) is 0 Å². The summed E-state index contributed by atoms with van der Waals surface area (Å²) < 4.78 is 11.4. The summed E-state index contributed by atoms with van der Waals surface area (Å²) in [5.74, 6) is 2.45. The third-order valence-electron chi connectivity index (χ3n) is 3.10. The number of alkyl halides is 1. The highest BCUT2D eigenvalue weighted by atomic mass is 35.5. The number of ether oxygens (including phenoxy) is 2. The first-order valence-electron chi connectivity index (χ1n) is 7.19. The van der Waals surface area contributed by atoms with Crippen LogP contribution in [0.25, 0.3) is 10.8 Å². The van der Waals surface area contributed by atoms with E-state index in [9.17, 15) is 0 Å². The summed E-state index contributed by atoms with van der Waals surface area (Å²) in [6.07, 6.45) is 3.10. The summed E-state index contributed by atoms with van der Waals surface area (Å²) in [5, 5.41) is 2.33. The van der Waals surface area contributed by atoms with Crippen LogP contribution in [0.2, 0.25) is 0 Å². The molecule has 0 amide bonds. The number of rotatable bonds is 8. The molecule has 0 fully saturated rings. The predicted octanol–water partition coefficient (Wildman–Crippen LogP) is 5.03. The fourth-order valence-corrected chi connectivity index (χ4v) is 2.07. The second-order valence-corrected chi connectivity index (χ2v) is 5.14. The normalized spacial score (nSPS) is 10.7. The Morgan fingerprint density at radius 2 is 1.40 bits per heavy atom. The van der Waals surface area contributed by atoms with Gasteiger partial charge in [0.1, 0.15) is 11.5 Å². The number of benzene rings is 2. The molecule has 2 aromatic carbocycles. The zero-order valence-corrected chi connectivity index (χ0v) is 12.7. The van der Waals surface area contributed by atoms with E-state index in [0.29, 0.717) is 12.5 Å². The highest BCUT2D eigenvalue weighted by molar-refractivity contribution is 6.17. The zero-order chi connectivity index (χ0) is 14.2. The lowest BCUT2D eigenvalue weighted by Crippen LogP contribution is -1.98. The summed E-state index contributed by atoms with van der Waals surface area (Å²) in [6, 6.07) is 12.3. The molecule has 0 spiro atoms. The fraction of sp³-hybridized carbons (Fsp3) is 0.412. The maximum absolute atomic E-state index is 5.72. The molecule has 0 radical (unpaired) electrons.